The van der Waals surface area contributed by atoms with Crippen LogP contribution in [0, 0.1) is 0 Å². The number of amides is 2. The molecule has 5 N–H and O–H groups in total. The van der Waals surface area contributed by atoms with Gasteiger partial charge in [-0.15, -0.1) is 0 Å². The Balaban J connectivity index is 2.48. The summed E-state index contributed by atoms with van der Waals surface area (Å²) in [6, 6.07) is 7.46. The molecule has 1 aromatic heterocycles. The number of carbonyl (C=O) groups is 1. The fourth-order valence-electron chi connectivity index (χ4n) is 2.27. The van der Waals surface area contributed by atoms with Crippen LogP contribution in [0.4, 0.5) is 16.3 Å². The minimum absolute atomic E-state index is 0.00722. The van der Waals surface area contributed by atoms with E-state index in [1.807, 2.05) is 0 Å². The number of carbonyl (C=O) groups excluding carboxylic acids is 1. The number of urea groups is 1. The maximum atomic E-state index is 12.4. The van der Waals surface area contributed by atoms with E-state index < -0.39 is 20.6 Å². The maximum absolute atomic E-state index is 12.4. The molecule has 134 valence electrons. The van der Waals surface area contributed by atoms with Crippen molar-refractivity contribution in [1.82, 2.24) is 9.97 Å². The Kier molecular flexibility index (Phi) is 4.98. The van der Waals surface area contributed by atoms with Crippen LogP contribution in [0.15, 0.2) is 30.3 Å². The molecular weight excluding hydrogens is 342 g/mol. The van der Waals surface area contributed by atoms with E-state index in [0.717, 1.165) is 0 Å². The predicted octanol–water partition coefficient (Wildman–Crippen LogP) is 1.89. The van der Waals surface area contributed by atoms with E-state index in [-0.39, 0.29) is 11.6 Å². The Morgan fingerprint density at radius 1 is 1.20 bits per heavy atom. The number of sulfone groups is 1. The molecule has 0 aliphatic carbocycles. The molecule has 1 heterocycles. The number of hydrogen-bond acceptors (Lipinski definition) is 6. The quantitative estimate of drug-likeness (QED) is 0.740. The third kappa shape index (κ3) is 3.87. The number of aromatic nitrogens is 2. The molecule has 1 aromatic carbocycles. The molecule has 0 fully saturated rings. The molecule has 0 radical (unpaired) electrons. The first-order valence-electron chi connectivity index (χ1n) is 7.61. The van der Waals surface area contributed by atoms with Crippen molar-refractivity contribution in [2.75, 3.05) is 16.8 Å². The highest BCUT2D eigenvalue weighted by molar-refractivity contribution is 7.92. The van der Waals surface area contributed by atoms with Gasteiger partial charge in [0.1, 0.15) is 10.6 Å². The summed E-state index contributed by atoms with van der Waals surface area (Å²) < 4.78 is 23.6. The third-order valence-corrected chi connectivity index (χ3v) is 6.46. The second-order valence-corrected chi connectivity index (χ2v) is 8.81. The van der Waals surface area contributed by atoms with Crippen molar-refractivity contribution < 1.29 is 13.2 Å². The molecule has 0 bridgehead atoms. The van der Waals surface area contributed by atoms with Crippen LogP contribution < -0.4 is 16.8 Å². The third-order valence-electron chi connectivity index (χ3n) is 3.93. The van der Waals surface area contributed by atoms with Crippen LogP contribution in [0.1, 0.15) is 26.5 Å². The van der Waals surface area contributed by atoms with Crippen LogP contribution in [0.5, 0.6) is 0 Å². The van der Waals surface area contributed by atoms with Crippen LogP contribution in [-0.2, 0) is 14.6 Å². The number of nitrogens with zero attached hydrogens (tertiary/aromatic N) is 2. The van der Waals surface area contributed by atoms with E-state index in [0.29, 0.717) is 22.8 Å². The first kappa shape index (κ1) is 18.7. The Labute approximate surface area is 146 Å². The summed E-state index contributed by atoms with van der Waals surface area (Å²) in [5.41, 5.74) is 12.4. The average Bonchev–Trinajstić information content (AvgIpc) is 2.54. The molecule has 2 amide bonds. The van der Waals surface area contributed by atoms with Gasteiger partial charge in [0.2, 0.25) is 0 Å². The number of primary amides is 1. The molecule has 0 saturated carbocycles. The van der Waals surface area contributed by atoms with Gasteiger partial charge in [-0.25, -0.2) is 23.2 Å². The lowest BCUT2D eigenvalue weighted by molar-refractivity contribution is 0.259. The molecule has 0 aliphatic rings. The van der Waals surface area contributed by atoms with Crippen LogP contribution in [0.2, 0.25) is 0 Å². The van der Waals surface area contributed by atoms with Crippen molar-refractivity contribution in [3.05, 3.63) is 36.0 Å². The van der Waals surface area contributed by atoms with Crippen molar-refractivity contribution in [3.63, 3.8) is 0 Å². The van der Waals surface area contributed by atoms with E-state index in [2.05, 4.69) is 15.3 Å². The lowest BCUT2D eigenvalue weighted by atomic mass is 10.1. The lowest BCUT2D eigenvalue weighted by Crippen LogP contribution is -2.32. The molecule has 8 nitrogen and oxygen atoms in total. The van der Waals surface area contributed by atoms with Gasteiger partial charge in [-0.05, 0) is 38.1 Å². The highest BCUT2D eigenvalue weighted by Crippen LogP contribution is 2.31. The van der Waals surface area contributed by atoms with Gasteiger partial charge in [0.05, 0.1) is 5.69 Å². The number of benzene rings is 1. The number of nitrogens with one attached hydrogen (secondary N) is 1. The summed E-state index contributed by atoms with van der Waals surface area (Å²) in [6.45, 7) is 4.78. The SMILES string of the molecule is CCS(=O)(=O)C(C)(C)c1cc(N)nc(-c2ccc(NC(N)=O)cc2)n1. The molecule has 0 unspecified atom stereocenters. The summed E-state index contributed by atoms with van der Waals surface area (Å²) in [6.07, 6.45) is 0. The van der Waals surface area contributed by atoms with Crippen LogP contribution in [0.3, 0.4) is 0 Å². The van der Waals surface area contributed by atoms with Gasteiger partial charge in [0.25, 0.3) is 0 Å². The van der Waals surface area contributed by atoms with Crippen LogP contribution in [-0.4, -0.2) is 30.2 Å². The summed E-state index contributed by atoms with van der Waals surface area (Å²) in [4.78, 5) is 19.4. The Bertz CT molecular complexity index is 892. The number of nitrogen functional groups attached to an aromatic ring is 1. The molecule has 2 rings (SSSR count). The number of anilines is 2. The first-order valence-corrected chi connectivity index (χ1v) is 9.26. The molecule has 2 aromatic rings. The highest BCUT2D eigenvalue weighted by atomic mass is 32.2. The topological polar surface area (TPSA) is 141 Å². The van der Waals surface area contributed by atoms with Crippen molar-refractivity contribution >= 4 is 27.4 Å². The largest absolute Gasteiger partial charge is 0.384 e. The second-order valence-electron chi connectivity index (χ2n) is 5.98. The predicted molar refractivity (Wildman–Crippen MR) is 97.6 cm³/mol. The van der Waals surface area contributed by atoms with Gasteiger partial charge >= 0.3 is 6.03 Å². The van der Waals surface area contributed by atoms with Gasteiger partial charge in [0, 0.05) is 23.1 Å². The molecule has 0 aliphatic heterocycles. The minimum Gasteiger partial charge on any atom is -0.384 e. The maximum Gasteiger partial charge on any atom is 0.316 e. The van der Waals surface area contributed by atoms with Gasteiger partial charge in [-0.3, -0.25) is 0 Å². The Morgan fingerprint density at radius 3 is 2.32 bits per heavy atom. The molecule has 0 atom stereocenters. The summed E-state index contributed by atoms with van der Waals surface area (Å²) in [5, 5.41) is 2.45. The Hall–Kier alpha value is -2.68. The summed E-state index contributed by atoms with van der Waals surface area (Å²) in [5.74, 6) is 0.478. The standard InChI is InChI=1S/C16H21N5O3S/c1-4-25(23,24)16(2,3)12-9-13(17)21-14(20-12)10-5-7-11(8-6-10)19-15(18)22/h5-9H,4H2,1-3H3,(H2,17,20,21)(H3,18,19,22). The van der Waals surface area contributed by atoms with Gasteiger partial charge in [0.15, 0.2) is 15.7 Å². The fraction of sp³-hybridized carbons (Fsp3) is 0.312. The molecule has 0 spiro atoms. The number of hydrogen-bond donors (Lipinski definition) is 3. The van der Waals surface area contributed by atoms with E-state index in [1.54, 1.807) is 45.0 Å². The normalized spacial score (nSPS) is 12.0. The molecule has 0 saturated heterocycles. The van der Waals surface area contributed by atoms with E-state index in [9.17, 15) is 13.2 Å². The minimum atomic E-state index is -3.39. The number of nitrogens with two attached hydrogens (primary N) is 2. The van der Waals surface area contributed by atoms with E-state index in [4.69, 9.17) is 11.5 Å². The van der Waals surface area contributed by atoms with Gasteiger partial charge < -0.3 is 16.8 Å². The fourth-order valence-corrected chi connectivity index (χ4v) is 3.41. The molecular formula is C16H21N5O3S. The van der Waals surface area contributed by atoms with Crippen LogP contribution >= 0.6 is 0 Å². The summed E-state index contributed by atoms with van der Waals surface area (Å²) in [7, 11) is -3.39. The van der Waals surface area contributed by atoms with Crippen molar-refractivity contribution in [2.45, 2.75) is 25.5 Å². The van der Waals surface area contributed by atoms with Crippen molar-refractivity contribution in [3.8, 4) is 11.4 Å². The van der Waals surface area contributed by atoms with E-state index in [1.165, 1.54) is 6.07 Å². The monoisotopic (exact) mass is 363 g/mol. The van der Waals surface area contributed by atoms with Gasteiger partial charge in [-0.2, -0.15) is 0 Å². The van der Waals surface area contributed by atoms with Gasteiger partial charge in [-0.1, -0.05) is 6.92 Å². The second kappa shape index (κ2) is 6.67. The lowest BCUT2D eigenvalue weighted by Gasteiger charge is -2.24. The van der Waals surface area contributed by atoms with E-state index >= 15 is 0 Å². The van der Waals surface area contributed by atoms with Crippen molar-refractivity contribution in [2.24, 2.45) is 5.73 Å². The van der Waals surface area contributed by atoms with Crippen molar-refractivity contribution in [1.29, 1.82) is 0 Å². The first-order chi connectivity index (χ1) is 11.6. The molecule has 25 heavy (non-hydrogen) atoms. The number of rotatable bonds is 5. The Morgan fingerprint density at radius 2 is 1.80 bits per heavy atom. The average molecular weight is 363 g/mol. The zero-order chi connectivity index (χ0) is 18.8. The highest BCUT2D eigenvalue weighted by Gasteiger charge is 2.36. The summed E-state index contributed by atoms with van der Waals surface area (Å²) >= 11 is 0. The smallest absolute Gasteiger partial charge is 0.316 e. The zero-order valence-corrected chi connectivity index (χ0v) is 15.1. The molecule has 9 heteroatoms. The zero-order valence-electron chi connectivity index (χ0n) is 14.3. The van der Waals surface area contributed by atoms with Crippen LogP contribution in [0.25, 0.3) is 11.4 Å².